The Hall–Kier alpha value is -0.650. The van der Waals surface area contributed by atoms with Gasteiger partial charge in [0.25, 0.3) is 0 Å². The maximum Gasteiger partial charge on any atom is 0.307 e. The highest BCUT2D eigenvalue weighted by Crippen LogP contribution is 2.16. The average Bonchev–Trinajstić information content (AvgIpc) is 2.58. The highest BCUT2D eigenvalue weighted by Gasteiger charge is 2.31. The van der Waals surface area contributed by atoms with Gasteiger partial charge in [-0.1, -0.05) is 0 Å². The molecule has 0 aliphatic carbocycles. The summed E-state index contributed by atoms with van der Waals surface area (Å²) in [6, 6.07) is 0. The summed E-state index contributed by atoms with van der Waals surface area (Å²) in [5.41, 5.74) is -1.21. The molecule has 0 bridgehead atoms. The molecule has 1 rings (SSSR count). The minimum atomic E-state index is -0.770. The molecular formula is C12H23NO4. The zero-order chi connectivity index (χ0) is 12.9. The highest BCUT2D eigenvalue weighted by molar-refractivity contribution is 5.70. The van der Waals surface area contributed by atoms with Crippen LogP contribution in [0, 0.1) is 0 Å². The van der Waals surface area contributed by atoms with E-state index in [1.54, 1.807) is 0 Å². The largest absolute Gasteiger partial charge is 0.460 e. The Balaban J connectivity index is 2.10. The molecule has 2 N–H and O–H groups in total. The topological polar surface area (TPSA) is 67.8 Å². The van der Waals surface area contributed by atoms with Crippen LogP contribution in [0.3, 0.4) is 0 Å². The fourth-order valence-corrected chi connectivity index (χ4v) is 1.64. The van der Waals surface area contributed by atoms with E-state index >= 15 is 0 Å². The van der Waals surface area contributed by atoms with Crippen LogP contribution < -0.4 is 5.32 Å². The van der Waals surface area contributed by atoms with E-state index in [0.29, 0.717) is 39.1 Å². The van der Waals surface area contributed by atoms with Crippen molar-refractivity contribution in [3.63, 3.8) is 0 Å². The lowest BCUT2D eigenvalue weighted by molar-refractivity contribution is -0.154. The molecule has 1 unspecified atom stereocenters. The van der Waals surface area contributed by atoms with Gasteiger partial charge in [0.05, 0.1) is 13.0 Å². The Kier molecular flexibility index (Phi) is 4.91. The van der Waals surface area contributed by atoms with Gasteiger partial charge in [0.2, 0.25) is 0 Å². The van der Waals surface area contributed by atoms with Crippen LogP contribution in [0.1, 0.15) is 33.6 Å². The molecule has 100 valence electrons. The third-order valence-corrected chi connectivity index (χ3v) is 2.46. The van der Waals surface area contributed by atoms with Crippen LogP contribution in [0.15, 0.2) is 0 Å². The van der Waals surface area contributed by atoms with Gasteiger partial charge in [0, 0.05) is 26.1 Å². The maximum atomic E-state index is 11.4. The van der Waals surface area contributed by atoms with Crippen molar-refractivity contribution in [1.82, 2.24) is 5.32 Å². The number of ether oxygens (including phenoxy) is 2. The van der Waals surface area contributed by atoms with Crippen LogP contribution in [0.2, 0.25) is 0 Å². The molecular weight excluding hydrogens is 222 g/mol. The summed E-state index contributed by atoms with van der Waals surface area (Å²) in [6.45, 7) is 7.47. The molecule has 0 saturated carbocycles. The molecule has 0 aromatic heterocycles. The van der Waals surface area contributed by atoms with Crippen molar-refractivity contribution in [1.29, 1.82) is 0 Å². The number of carbonyl (C=O) groups is 1. The van der Waals surface area contributed by atoms with Crippen LogP contribution >= 0.6 is 0 Å². The summed E-state index contributed by atoms with van der Waals surface area (Å²) in [7, 11) is 0. The first-order valence-corrected chi connectivity index (χ1v) is 6.03. The van der Waals surface area contributed by atoms with Crippen molar-refractivity contribution < 1.29 is 19.4 Å². The van der Waals surface area contributed by atoms with E-state index < -0.39 is 11.2 Å². The normalized spacial score (nSPS) is 24.9. The van der Waals surface area contributed by atoms with E-state index in [2.05, 4.69) is 5.32 Å². The summed E-state index contributed by atoms with van der Waals surface area (Å²) in [6.07, 6.45) is 0.959. The number of aliphatic hydroxyl groups is 1. The molecule has 0 radical (unpaired) electrons. The number of carbonyl (C=O) groups excluding carboxylic acids is 1. The van der Waals surface area contributed by atoms with E-state index in [-0.39, 0.29) is 5.97 Å². The third kappa shape index (κ3) is 6.00. The van der Waals surface area contributed by atoms with Crippen molar-refractivity contribution in [2.75, 3.05) is 26.3 Å². The predicted octanol–water partition coefficient (Wildman–Crippen LogP) is 0.459. The summed E-state index contributed by atoms with van der Waals surface area (Å²) in [4.78, 5) is 11.4. The standard InChI is InChI=1S/C12H23NO4/c1-11(2,3)17-10(14)4-6-13-8-12(15)5-7-16-9-12/h13,15H,4-9H2,1-3H3. The van der Waals surface area contributed by atoms with Crippen molar-refractivity contribution in [2.24, 2.45) is 0 Å². The van der Waals surface area contributed by atoms with Gasteiger partial charge in [-0.05, 0) is 20.8 Å². The molecule has 1 heterocycles. The second kappa shape index (κ2) is 5.80. The first-order valence-electron chi connectivity index (χ1n) is 6.03. The predicted molar refractivity (Wildman–Crippen MR) is 63.7 cm³/mol. The van der Waals surface area contributed by atoms with E-state index in [1.807, 2.05) is 20.8 Å². The van der Waals surface area contributed by atoms with Gasteiger partial charge in [0.15, 0.2) is 0 Å². The summed E-state index contributed by atoms with van der Waals surface area (Å²) < 4.78 is 10.3. The summed E-state index contributed by atoms with van der Waals surface area (Å²) >= 11 is 0. The second-order valence-corrected chi connectivity index (χ2v) is 5.54. The van der Waals surface area contributed by atoms with Gasteiger partial charge in [-0.15, -0.1) is 0 Å². The lowest BCUT2D eigenvalue weighted by Crippen LogP contribution is -2.41. The van der Waals surface area contributed by atoms with Crippen LogP contribution in [0.25, 0.3) is 0 Å². The van der Waals surface area contributed by atoms with Crippen LogP contribution in [0.5, 0.6) is 0 Å². The van der Waals surface area contributed by atoms with Gasteiger partial charge >= 0.3 is 5.97 Å². The zero-order valence-electron chi connectivity index (χ0n) is 10.9. The number of esters is 1. The van der Waals surface area contributed by atoms with Gasteiger partial charge in [-0.25, -0.2) is 0 Å². The second-order valence-electron chi connectivity index (χ2n) is 5.54. The Morgan fingerprint density at radius 3 is 2.76 bits per heavy atom. The molecule has 0 aromatic rings. The van der Waals surface area contributed by atoms with E-state index in [9.17, 15) is 9.90 Å². The maximum absolute atomic E-state index is 11.4. The van der Waals surface area contributed by atoms with E-state index in [0.717, 1.165) is 0 Å². The molecule has 1 aliphatic heterocycles. The van der Waals surface area contributed by atoms with Gasteiger partial charge in [0.1, 0.15) is 11.2 Å². The average molecular weight is 245 g/mol. The molecule has 1 atom stereocenters. The van der Waals surface area contributed by atoms with Crippen molar-refractivity contribution in [3.05, 3.63) is 0 Å². The fourth-order valence-electron chi connectivity index (χ4n) is 1.64. The van der Waals surface area contributed by atoms with Gasteiger partial charge in [-0.2, -0.15) is 0 Å². The Bertz CT molecular complexity index is 254. The van der Waals surface area contributed by atoms with Crippen LogP contribution in [-0.4, -0.2) is 48.6 Å². The molecule has 1 fully saturated rings. The zero-order valence-corrected chi connectivity index (χ0v) is 10.9. The fraction of sp³-hybridized carbons (Fsp3) is 0.917. The quantitative estimate of drug-likeness (QED) is 0.544. The first kappa shape index (κ1) is 14.4. The molecule has 0 spiro atoms. The first-order chi connectivity index (χ1) is 7.81. The summed E-state index contributed by atoms with van der Waals surface area (Å²) in [5.74, 6) is -0.223. The minimum absolute atomic E-state index is 0.223. The Labute approximate surface area is 102 Å². The molecule has 1 saturated heterocycles. The number of rotatable bonds is 5. The van der Waals surface area contributed by atoms with Crippen molar-refractivity contribution in [3.8, 4) is 0 Å². The minimum Gasteiger partial charge on any atom is -0.460 e. The lowest BCUT2D eigenvalue weighted by atomic mass is 10.0. The SMILES string of the molecule is CC(C)(C)OC(=O)CCNCC1(O)CCOC1. The number of hydrogen-bond donors (Lipinski definition) is 2. The molecule has 0 amide bonds. The van der Waals surface area contributed by atoms with Crippen LogP contribution in [0.4, 0.5) is 0 Å². The number of hydrogen-bond acceptors (Lipinski definition) is 5. The Morgan fingerprint density at radius 1 is 1.53 bits per heavy atom. The van der Waals surface area contributed by atoms with E-state index in [1.165, 1.54) is 0 Å². The Morgan fingerprint density at radius 2 is 2.24 bits per heavy atom. The van der Waals surface area contributed by atoms with E-state index in [4.69, 9.17) is 9.47 Å². The molecule has 17 heavy (non-hydrogen) atoms. The highest BCUT2D eigenvalue weighted by atomic mass is 16.6. The number of nitrogens with one attached hydrogen (secondary N) is 1. The molecule has 0 aromatic carbocycles. The third-order valence-electron chi connectivity index (χ3n) is 2.46. The van der Waals surface area contributed by atoms with Gasteiger partial charge < -0.3 is 19.9 Å². The monoisotopic (exact) mass is 245 g/mol. The molecule has 5 heteroatoms. The smallest absolute Gasteiger partial charge is 0.307 e. The lowest BCUT2D eigenvalue weighted by Gasteiger charge is -2.22. The van der Waals surface area contributed by atoms with Crippen LogP contribution in [-0.2, 0) is 14.3 Å². The molecule has 5 nitrogen and oxygen atoms in total. The molecule has 1 aliphatic rings. The van der Waals surface area contributed by atoms with Crippen molar-refractivity contribution in [2.45, 2.75) is 44.8 Å². The van der Waals surface area contributed by atoms with Gasteiger partial charge in [-0.3, -0.25) is 4.79 Å². The summed E-state index contributed by atoms with van der Waals surface area (Å²) in [5, 5.41) is 13.0. The van der Waals surface area contributed by atoms with Crippen molar-refractivity contribution >= 4 is 5.97 Å².